The van der Waals surface area contributed by atoms with Gasteiger partial charge in [0, 0.05) is 6.07 Å². The van der Waals surface area contributed by atoms with Crippen LogP contribution in [0.25, 0.3) is 10.9 Å². The van der Waals surface area contributed by atoms with Gasteiger partial charge in [0.05, 0.1) is 10.9 Å². The molecule has 0 atom stereocenters. The highest BCUT2D eigenvalue weighted by molar-refractivity contribution is 5.85. The first-order chi connectivity index (χ1) is 6.58. The molecule has 0 spiro atoms. The summed E-state index contributed by atoms with van der Waals surface area (Å²) in [4.78, 5) is 25.8. The Morgan fingerprint density at radius 3 is 2.40 bits per heavy atom. The molecule has 4 nitrogen and oxygen atoms in total. The molecule has 0 radical (unpaired) electrons. The molecule has 0 saturated carbocycles. The molecule has 0 aliphatic carbocycles. The lowest BCUT2D eigenvalue weighted by atomic mass is 10.2. The van der Waals surface area contributed by atoms with Gasteiger partial charge in [-0.15, -0.1) is 12.4 Å². The van der Waals surface area contributed by atoms with Gasteiger partial charge < -0.3 is 4.98 Å². The lowest BCUT2D eigenvalue weighted by Crippen LogP contribution is -2.22. The second kappa shape index (κ2) is 3.82. The van der Waals surface area contributed by atoms with E-state index in [-0.39, 0.29) is 23.3 Å². The van der Waals surface area contributed by atoms with Crippen molar-refractivity contribution >= 4 is 23.3 Å². The Kier molecular flexibility index (Phi) is 2.90. The Morgan fingerprint density at radius 2 is 1.73 bits per heavy atom. The van der Waals surface area contributed by atoms with Gasteiger partial charge in [0.25, 0.3) is 5.56 Å². The van der Waals surface area contributed by atoms with Crippen molar-refractivity contribution in [3.8, 4) is 0 Å². The normalized spacial score (nSPS) is 10.0. The number of H-pyrrole nitrogens is 2. The van der Waals surface area contributed by atoms with Gasteiger partial charge in [-0.2, -0.15) is 0 Å². The standard InChI is InChI=1S/C8H4F2N2O2.ClH/c9-3-1-4-6(5(10)2-3)11-8(14)12-7(4)13;/h1-2H,(H2,11,12,13,14);1H. The first-order valence-electron chi connectivity index (χ1n) is 3.69. The second-order valence-corrected chi connectivity index (χ2v) is 2.72. The fourth-order valence-corrected chi connectivity index (χ4v) is 1.19. The quantitative estimate of drug-likeness (QED) is 0.712. The summed E-state index contributed by atoms with van der Waals surface area (Å²) in [6, 6.07) is 1.45. The van der Waals surface area contributed by atoms with Crippen LogP contribution < -0.4 is 11.2 Å². The Balaban J connectivity index is 0.00000112. The minimum Gasteiger partial charge on any atom is -0.304 e. The largest absolute Gasteiger partial charge is 0.326 e. The number of aromatic nitrogens is 2. The molecule has 2 aromatic rings. The highest BCUT2D eigenvalue weighted by Gasteiger charge is 2.07. The molecule has 7 heteroatoms. The summed E-state index contributed by atoms with van der Waals surface area (Å²) in [5.74, 6) is -1.84. The third-order valence-corrected chi connectivity index (χ3v) is 1.77. The van der Waals surface area contributed by atoms with Crippen LogP contribution >= 0.6 is 12.4 Å². The number of aromatic amines is 2. The van der Waals surface area contributed by atoms with Gasteiger partial charge in [-0.05, 0) is 6.07 Å². The van der Waals surface area contributed by atoms with Crippen molar-refractivity contribution in [1.82, 2.24) is 9.97 Å². The number of fused-ring (bicyclic) bond motifs is 1. The molecule has 0 amide bonds. The zero-order valence-corrected chi connectivity index (χ0v) is 7.95. The number of hydrogen-bond acceptors (Lipinski definition) is 2. The van der Waals surface area contributed by atoms with Crippen LogP contribution in [-0.2, 0) is 0 Å². The van der Waals surface area contributed by atoms with Crippen molar-refractivity contribution in [3.63, 3.8) is 0 Å². The summed E-state index contributed by atoms with van der Waals surface area (Å²) in [5, 5.41) is -0.220. The molecular weight excluding hydrogens is 230 g/mol. The average Bonchev–Trinajstić information content (AvgIpc) is 2.07. The molecule has 1 aromatic carbocycles. The molecule has 0 saturated heterocycles. The van der Waals surface area contributed by atoms with Gasteiger partial charge in [-0.1, -0.05) is 0 Å². The van der Waals surface area contributed by atoms with E-state index in [1.807, 2.05) is 4.98 Å². The number of hydrogen-bond donors (Lipinski definition) is 2. The minimum atomic E-state index is -0.969. The summed E-state index contributed by atoms with van der Waals surface area (Å²) < 4.78 is 25.7. The van der Waals surface area contributed by atoms with E-state index in [4.69, 9.17) is 0 Å². The van der Waals surface area contributed by atoms with Crippen LogP contribution in [0.2, 0.25) is 0 Å². The Bertz CT molecular complexity index is 620. The van der Waals surface area contributed by atoms with E-state index in [1.165, 1.54) is 0 Å². The van der Waals surface area contributed by atoms with Crippen LogP contribution in [0.5, 0.6) is 0 Å². The van der Waals surface area contributed by atoms with Crippen molar-refractivity contribution in [2.24, 2.45) is 0 Å². The maximum Gasteiger partial charge on any atom is 0.326 e. The predicted octanol–water partition coefficient (Wildman–Crippen LogP) is 0.916. The second-order valence-electron chi connectivity index (χ2n) is 2.72. The third-order valence-electron chi connectivity index (χ3n) is 1.77. The maximum absolute atomic E-state index is 13.0. The van der Waals surface area contributed by atoms with Crippen LogP contribution in [0, 0.1) is 11.6 Å². The zero-order valence-electron chi connectivity index (χ0n) is 7.14. The molecule has 2 N–H and O–H groups in total. The van der Waals surface area contributed by atoms with Crippen LogP contribution in [0.15, 0.2) is 21.7 Å². The molecule has 80 valence electrons. The smallest absolute Gasteiger partial charge is 0.304 e. The zero-order chi connectivity index (χ0) is 10.3. The summed E-state index contributed by atoms with van der Waals surface area (Å²) in [6.07, 6.45) is 0. The van der Waals surface area contributed by atoms with Gasteiger partial charge in [0.15, 0.2) is 5.82 Å². The van der Waals surface area contributed by atoms with Crippen molar-refractivity contribution in [1.29, 1.82) is 0 Å². The van der Waals surface area contributed by atoms with Gasteiger partial charge >= 0.3 is 5.69 Å². The fraction of sp³-hybridized carbons (Fsp3) is 0. The van der Waals surface area contributed by atoms with Crippen LogP contribution in [0.4, 0.5) is 8.78 Å². The number of halogens is 3. The summed E-state index contributed by atoms with van der Waals surface area (Å²) in [6.45, 7) is 0. The van der Waals surface area contributed by atoms with E-state index in [9.17, 15) is 18.4 Å². The Morgan fingerprint density at radius 1 is 1.07 bits per heavy atom. The summed E-state index contributed by atoms with van der Waals surface area (Å²) >= 11 is 0. The lowest BCUT2D eigenvalue weighted by Gasteiger charge is -1.97. The van der Waals surface area contributed by atoms with E-state index >= 15 is 0 Å². The van der Waals surface area contributed by atoms with Crippen LogP contribution in [0.1, 0.15) is 0 Å². The number of nitrogens with one attached hydrogen (secondary N) is 2. The van der Waals surface area contributed by atoms with E-state index in [2.05, 4.69) is 4.98 Å². The SMILES string of the molecule is Cl.O=c1[nH]c(=O)c2cc(F)cc(F)c2[nH]1. The first-order valence-corrected chi connectivity index (χ1v) is 3.69. The van der Waals surface area contributed by atoms with Crippen molar-refractivity contribution < 1.29 is 8.78 Å². The molecule has 2 rings (SSSR count). The van der Waals surface area contributed by atoms with E-state index < -0.39 is 22.9 Å². The van der Waals surface area contributed by atoms with E-state index in [1.54, 1.807) is 0 Å². The molecule has 0 bridgehead atoms. The third kappa shape index (κ3) is 1.89. The monoisotopic (exact) mass is 234 g/mol. The van der Waals surface area contributed by atoms with Crippen molar-refractivity contribution in [2.75, 3.05) is 0 Å². The molecule has 15 heavy (non-hydrogen) atoms. The highest BCUT2D eigenvalue weighted by atomic mass is 35.5. The Hall–Kier alpha value is -1.69. The van der Waals surface area contributed by atoms with Gasteiger partial charge in [0.2, 0.25) is 0 Å². The summed E-state index contributed by atoms with van der Waals surface area (Å²) in [5.41, 5.74) is -1.93. The topological polar surface area (TPSA) is 65.7 Å². The highest BCUT2D eigenvalue weighted by Crippen LogP contribution is 2.12. The molecular formula is C8H5ClF2N2O2. The lowest BCUT2D eigenvalue weighted by molar-refractivity contribution is 0.589. The molecule has 1 aromatic heterocycles. The van der Waals surface area contributed by atoms with Gasteiger partial charge in [-0.25, -0.2) is 13.6 Å². The predicted molar refractivity (Wildman–Crippen MR) is 52.4 cm³/mol. The van der Waals surface area contributed by atoms with Crippen molar-refractivity contribution in [2.45, 2.75) is 0 Å². The average molecular weight is 235 g/mol. The fourth-order valence-electron chi connectivity index (χ4n) is 1.19. The molecule has 1 heterocycles. The van der Waals surface area contributed by atoms with Crippen LogP contribution in [-0.4, -0.2) is 9.97 Å². The van der Waals surface area contributed by atoms with Crippen LogP contribution in [0.3, 0.4) is 0 Å². The maximum atomic E-state index is 13.0. The molecule has 0 unspecified atom stereocenters. The van der Waals surface area contributed by atoms with Crippen molar-refractivity contribution in [3.05, 3.63) is 44.6 Å². The molecule has 0 aliphatic rings. The van der Waals surface area contributed by atoms with E-state index in [0.717, 1.165) is 6.07 Å². The van der Waals surface area contributed by atoms with Gasteiger partial charge in [0.1, 0.15) is 5.82 Å². The molecule has 0 aliphatic heterocycles. The first kappa shape index (κ1) is 11.4. The summed E-state index contributed by atoms with van der Waals surface area (Å²) in [7, 11) is 0. The van der Waals surface area contributed by atoms with E-state index in [0.29, 0.717) is 6.07 Å². The number of benzene rings is 1. The minimum absolute atomic E-state index is 0. The number of rotatable bonds is 0. The van der Waals surface area contributed by atoms with Gasteiger partial charge in [-0.3, -0.25) is 9.78 Å². The Labute approximate surface area is 87.4 Å². The molecule has 0 fully saturated rings.